The van der Waals surface area contributed by atoms with Gasteiger partial charge in [-0.15, -0.1) is 0 Å². The van der Waals surface area contributed by atoms with Crippen molar-refractivity contribution in [3.8, 4) is 6.07 Å². The summed E-state index contributed by atoms with van der Waals surface area (Å²) in [7, 11) is 0. The van der Waals surface area contributed by atoms with Crippen molar-refractivity contribution in [2.24, 2.45) is 0 Å². The van der Waals surface area contributed by atoms with Gasteiger partial charge in [0.25, 0.3) is 0 Å². The molecular weight excluding hydrogens is 219 g/mol. The lowest BCUT2D eigenvalue weighted by atomic mass is 10.1. The Bertz CT molecular complexity index is 408. The van der Waals surface area contributed by atoms with Gasteiger partial charge in [-0.3, -0.25) is 4.79 Å². The predicted molar refractivity (Wildman–Crippen MR) is 62.6 cm³/mol. The molecule has 1 rings (SSSR count). The lowest BCUT2D eigenvalue weighted by Crippen LogP contribution is -2.32. The number of rotatable bonds is 5. The molecule has 0 saturated heterocycles. The zero-order valence-corrected chi connectivity index (χ0v) is 9.82. The van der Waals surface area contributed by atoms with Gasteiger partial charge < -0.3 is 4.90 Å². The number of hydrogen-bond acceptors (Lipinski definition) is 2. The highest BCUT2D eigenvalue weighted by Crippen LogP contribution is 2.06. The van der Waals surface area contributed by atoms with Gasteiger partial charge in [-0.05, 0) is 24.6 Å². The predicted octanol–water partition coefficient (Wildman–Crippen LogP) is 2.13. The van der Waals surface area contributed by atoms with Gasteiger partial charge in [-0.1, -0.05) is 12.1 Å². The molecule has 0 aliphatic carbocycles. The monoisotopic (exact) mass is 234 g/mol. The summed E-state index contributed by atoms with van der Waals surface area (Å²) in [6.07, 6.45) is 0.586. The van der Waals surface area contributed by atoms with Crippen LogP contribution in [0.4, 0.5) is 4.39 Å². The molecule has 0 saturated carbocycles. The van der Waals surface area contributed by atoms with E-state index >= 15 is 0 Å². The molecular formula is C13H15FN2O. The van der Waals surface area contributed by atoms with Crippen LogP contribution >= 0.6 is 0 Å². The summed E-state index contributed by atoms with van der Waals surface area (Å²) in [5.74, 6) is -0.340. The number of nitrogens with zero attached hydrogens (tertiary/aromatic N) is 2. The summed E-state index contributed by atoms with van der Waals surface area (Å²) in [5.41, 5.74) is 0.784. The maximum absolute atomic E-state index is 12.7. The molecule has 1 aromatic rings. The lowest BCUT2D eigenvalue weighted by molar-refractivity contribution is -0.130. The summed E-state index contributed by atoms with van der Waals surface area (Å²) in [5, 5.41) is 8.48. The lowest BCUT2D eigenvalue weighted by Gasteiger charge is -2.19. The number of halogens is 1. The molecule has 0 aromatic heterocycles. The molecule has 0 bridgehead atoms. The number of benzene rings is 1. The zero-order valence-electron chi connectivity index (χ0n) is 9.82. The van der Waals surface area contributed by atoms with Gasteiger partial charge in [0, 0.05) is 13.1 Å². The summed E-state index contributed by atoms with van der Waals surface area (Å²) in [6, 6.07) is 7.90. The van der Waals surface area contributed by atoms with Crippen molar-refractivity contribution in [3.63, 3.8) is 0 Å². The molecule has 0 unspecified atom stereocenters. The molecule has 0 heterocycles. The van der Waals surface area contributed by atoms with Gasteiger partial charge in [0.15, 0.2) is 0 Å². The molecule has 3 nitrogen and oxygen atoms in total. The molecule has 0 aliphatic rings. The van der Waals surface area contributed by atoms with Crippen LogP contribution in [-0.2, 0) is 11.2 Å². The van der Waals surface area contributed by atoms with Crippen LogP contribution in [-0.4, -0.2) is 23.9 Å². The van der Waals surface area contributed by atoms with Crippen molar-refractivity contribution >= 4 is 5.91 Å². The molecule has 1 amide bonds. The second-order valence-corrected chi connectivity index (χ2v) is 3.68. The number of carbonyl (C=O) groups excluding carboxylic acids is 1. The molecule has 1 aromatic carbocycles. The Morgan fingerprint density at radius 2 is 2.06 bits per heavy atom. The smallest absolute Gasteiger partial charge is 0.227 e. The number of carbonyl (C=O) groups is 1. The maximum Gasteiger partial charge on any atom is 0.227 e. The van der Waals surface area contributed by atoms with Crippen molar-refractivity contribution < 1.29 is 9.18 Å². The molecule has 0 fully saturated rings. The van der Waals surface area contributed by atoms with Gasteiger partial charge >= 0.3 is 0 Å². The Labute approximate surface area is 100 Å². The Balaban J connectivity index is 2.58. The summed E-state index contributed by atoms with van der Waals surface area (Å²) >= 11 is 0. The Morgan fingerprint density at radius 1 is 1.41 bits per heavy atom. The molecule has 4 heteroatoms. The highest BCUT2D eigenvalue weighted by Gasteiger charge is 2.11. The van der Waals surface area contributed by atoms with E-state index in [0.717, 1.165) is 5.56 Å². The van der Waals surface area contributed by atoms with Crippen LogP contribution in [0.25, 0.3) is 0 Å². The summed E-state index contributed by atoms with van der Waals surface area (Å²) < 4.78 is 12.7. The van der Waals surface area contributed by atoms with Crippen LogP contribution in [0.3, 0.4) is 0 Å². The zero-order chi connectivity index (χ0) is 12.7. The van der Waals surface area contributed by atoms with E-state index in [0.29, 0.717) is 19.5 Å². The highest BCUT2D eigenvalue weighted by atomic mass is 19.1. The molecule has 0 spiro atoms. The van der Waals surface area contributed by atoms with Crippen molar-refractivity contribution in [1.29, 1.82) is 5.26 Å². The van der Waals surface area contributed by atoms with Crippen LogP contribution in [0.5, 0.6) is 0 Å². The Kier molecular flexibility index (Phi) is 5.15. The van der Waals surface area contributed by atoms with E-state index in [-0.39, 0.29) is 18.1 Å². The third kappa shape index (κ3) is 4.23. The van der Waals surface area contributed by atoms with Gasteiger partial charge in [0.2, 0.25) is 5.91 Å². The average Bonchev–Trinajstić information content (AvgIpc) is 2.33. The number of likely N-dealkylation sites (N-methyl/N-ethyl adjacent to an activating group) is 1. The van der Waals surface area contributed by atoms with Gasteiger partial charge in [-0.2, -0.15) is 5.26 Å². The van der Waals surface area contributed by atoms with Crippen LogP contribution in [0, 0.1) is 17.1 Å². The molecule has 0 atom stereocenters. The van der Waals surface area contributed by atoms with E-state index in [4.69, 9.17) is 5.26 Å². The molecule has 0 radical (unpaired) electrons. The van der Waals surface area contributed by atoms with E-state index in [1.54, 1.807) is 17.0 Å². The molecule has 0 N–H and O–H groups in total. The summed E-state index contributed by atoms with van der Waals surface area (Å²) in [4.78, 5) is 13.5. The molecule has 90 valence electrons. The largest absolute Gasteiger partial charge is 0.342 e. The minimum Gasteiger partial charge on any atom is -0.342 e. The first-order chi connectivity index (χ1) is 8.17. The first kappa shape index (κ1) is 13.2. The topological polar surface area (TPSA) is 44.1 Å². The molecule has 17 heavy (non-hydrogen) atoms. The first-order valence-corrected chi connectivity index (χ1v) is 5.56. The number of nitriles is 1. The van der Waals surface area contributed by atoms with Crippen molar-refractivity contribution in [2.45, 2.75) is 19.8 Å². The SMILES string of the molecule is CCN(CCC#N)C(=O)Cc1ccc(F)cc1. The fraction of sp³-hybridized carbons (Fsp3) is 0.385. The number of amides is 1. The van der Waals surface area contributed by atoms with Crippen LogP contribution in [0.2, 0.25) is 0 Å². The van der Waals surface area contributed by atoms with E-state index in [9.17, 15) is 9.18 Å². The second kappa shape index (κ2) is 6.64. The minimum atomic E-state index is -0.307. The Hall–Kier alpha value is -1.89. The standard InChI is InChI=1S/C13H15FN2O/c1-2-16(9-3-8-15)13(17)10-11-4-6-12(14)7-5-11/h4-7H,2-3,9-10H2,1H3. The highest BCUT2D eigenvalue weighted by molar-refractivity contribution is 5.78. The van der Waals surface area contributed by atoms with Gasteiger partial charge in [-0.25, -0.2) is 4.39 Å². The number of hydrogen-bond donors (Lipinski definition) is 0. The minimum absolute atomic E-state index is 0.0330. The van der Waals surface area contributed by atoms with Gasteiger partial charge in [0.1, 0.15) is 5.82 Å². The first-order valence-electron chi connectivity index (χ1n) is 5.56. The van der Waals surface area contributed by atoms with Crippen LogP contribution in [0.15, 0.2) is 24.3 Å². The average molecular weight is 234 g/mol. The van der Waals surface area contributed by atoms with Crippen LogP contribution < -0.4 is 0 Å². The van der Waals surface area contributed by atoms with Crippen molar-refractivity contribution in [1.82, 2.24) is 4.90 Å². The van der Waals surface area contributed by atoms with E-state index in [1.807, 2.05) is 13.0 Å². The molecule has 0 aliphatic heterocycles. The third-order valence-corrected chi connectivity index (χ3v) is 2.50. The second-order valence-electron chi connectivity index (χ2n) is 3.68. The quantitative estimate of drug-likeness (QED) is 0.783. The fourth-order valence-electron chi connectivity index (χ4n) is 1.53. The maximum atomic E-state index is 12.7. The van der Waals surface area contributed by atoms with Crippen molar-refractivity contribution in [3.05, 3.63) is 35.6 Å². The fourth-order valence-corrected chi connectivity index (χ4v) is 1.53. The van der Waals surface area contributed by atoms with Crippen LogP contribution in [0.1, 0.15) is 18.9 Å². The van der Waals surface area contributed by atoms with Crippen molar-refractivity contribution in [2.75, 3.05) is 13.1 Å². The Morgan fingerprint density at radius 3 is 2.59 bits per heavy atom. The van der Waals surface area contributed by atoms with Gasteiger partial charge in [0.05, 0.1) is 18.9 Å². The normalized spacial score (nSPS) is 9.71. The van der Waals surface area contributed by atoms with E-state index < -0.39 is 0 Å². The van der Waals surface area contributed by atoms with E-state index in [2.05, 4.69) is 0 Å². The third-order valence-electron chi connectivity index (χ3n) is 2.50. The summed E-state index contributed by atoms with van der Waals surface area (Å²) in [6.45, 7) is 2.91. The van der Waals surface area contributed by atoms with E-state index in [1.165, 1.54) is 12.1 Å².